The predicted octanol–water partition coefficient (Wildman–Crippen LogP) is 3.17. The first kappa shape index (κ1) is 14.0. The topological polar surface area (TPSA) is 12.5 Å². The van der Waals surface area contributed by atoms with Crippen LogP contribution in [-0.2, 0) is 4.74 Å². The Hall–Kier alpha value is -0.0800. The van der Waals surface area contributed by atoms with E-state index in [0.717, 1.165) is 19.1 Å². The second-order valence-electron chi connectivity index (χ2n) is 7.35. The number of ether oxygens (including phenoxy) is 1. The van der Waals surface area contributed by atoms with Gasteiger partial charge in [-0.25, -0.2) is 0 Å². The minimum Gasteiger partial charge on any atom is -0.375 e. The molecule has 0 spiro atoms. The van der Waals surface area contributed by atoms with Crippen molar-refractivity contribution in [1.29, 1.82) is 0 Å². The lowest BCUT2D eigenvalue weighted by Gasteiger charge is -2.42. The molecular weight excluding hydrogens is 198 g/mol. The summed E-state index contributed by atoms with van der Waals surface area (Å²) in [5, 5.41) is 0. The highest BCUT2D eigenvalue weighted by Crippen LogP contribution is 2.29. The average molecular weight is 227 g/mol. The smallest absolute Gasteiger partial charge is 0.0600 e. The summed E-state index contributed by atoms with van der Waals surface area (Å²) in [5.41, 5.74) is 0.494. The first-order valence-electron chi connectivity index (χ1n) is 6.52. The molecule has 1 aliphatic rings. The Morgan fingerprint density at radius 2 is 1.62 bits per heavy atom. The molecule has 96 valence electrons. The van der Waals surface area contributed by atoms with Crippen LogP contribution in [0.3, 0.4) is 0 Å². The Balaban J connectivity index is 2.04. The van der Waals surface area contributed by atoms with Crippen LogP contribution in [-0.4, -0.2) is 36.7 Å². The number of hydrogen-bond acceptors (Lipinski definition) is 2. The lowest BCUT2D eigenvalue weighted by atomic mass is 9.81. The van der Waals surface area contributed by atoms with Crippen molar-refractivity contribution < 1.29 is 4.74 Å². The van der Waals surface area contributed by atoms with Gasteiger partial charge in [0.2, 0.25) is 0 Å². The molecule has 0 saturated carbocycles. The second-order valence-corrected chi connectivity index (χ2v) is 7.35. The lowest BCUT2D eigenvalue weighted by molar-refractivity contribution is -0.0309. The zero-order valence-electron chi connectivity index (χ0n) is 12.0. The van der Waals surface area contributed by atoms with Gasteiger partial charge >= 0.3 is 0 Å². The summed E-state index contributed by atoms with van der Waals surface area (Å²) >= 11 is 0. The van der Waals surface area contributed by atoms with Gasteiger partial charge in [-0.15, -0.1) is 0 Å². The molecule has 16 heavy (non-hydrogen) atoms. The van der Waals surface area contributed by atoms with E-state index in [1.54, 1.807) is 0 Å². The highest BCUT2D eigenvalue weighted by molar-refractivity contribution is 4.83. The molecule has 0 aliphatic carbocycles. The maximum Gasteiger partial charge on any atom is 0.0600 e. The van der Waals surface area contributed by atoms with Crippen LogP contribution < -0.4 is 0 Å². The minimum absolute atomic E-state index is 0.00960. The minimum atomic E-state index is 0.00960. The zero-order valence-corrected chi connectivity index (χ0v) is 12.0. The molecular formula is C14H29NO. The van der Waals surface area contributed by atoms with Gasteiger partial charge in [-0.1, -0.05) is 20.8 Å². The number of hydrogen-bond donors (Lipinski definition) is 0. The van der Waals surface area contributed by atoms with Gasteiger partial charge in [-0.2, -0.15) is 0 Å². The third-order valence-corrected chi connectivity index (χ3v) is 2.88. The van der Waals surface area contributed by atoms with E-state index >= 15 is 0 Å². The van der Waals surface area contributed by atoms with E-state index in [0.29, 0.717) is 5.41 Å². The molecule has 0 atom stereocenters. The third kappa shape index (κ3) is 5.86. The van der Waals surface area contributed by atoms with Crippen LogP contribution in [0.25, 0.3) is 0 Å². The molecule has 0 bridgehead atoms. The highest BCUT2D eigenvalue weighted by atomic mass is 16.5. The van der Waals surface area contributed by atoms with Crippen molar-refractivity contribution in [2.24, 2.45) is 11.3 Å². The Morgan fingerprint density at radius 1 is 1.06 bits per heavy atom. The van der Waals surface area contributed by atoms with Crippen molar-refractivity contribution in [3.63, 3.8) is 0 Å². The van der Waals surface area contributed by atoms with Gasteiger partial charge < -0.3 is 9.64 Å². The SMILES string of the molecule is CC(C)(C)CC1CN(CCOC(C)(C)C)C1. The van der Waals surface area contributed by atoms with Gasteiger partial charge in [0, 0.05) is 19.6 Å². The molecule has 0 aromatic rings. The predicted molar refractivity (Wildman–Crippen MR) is 69.7 cm³/mol. The van der Waals surface area contributed by atoms with Crippen molar-refractivity contribution in [2.75, 3.05) is 26.2 Å². The molecule has 2 nitrogen and oxygen atoms in total. The molecule has 1 aliphatic heterocycles. The van der Waals surface area contributed by atoms with Crippen LogP contribution in [0.5, 0.6) is 0 Å². The molecule has 1 saturated heterocycles. The van der Waals surface area contributed by atoms with Gasteiger partial charge in [0.15, 0.2) is 0 Å². The van der Waals surface area contributed by atoms with E-state index in [1.807, 2.05) is 0 Å². The molecule has 0 amide bonds. The second kappa shape index (κ2) is 5.05. The molecule has 0 aromatic heterocycles. The summed E-state index contributed by atoms with van der Waals surface area (Å²) in [6, 6.07) is 0. The molecule has 0 unspecified atom stereocenters. The first-order chi connectivity index (χ1) is 7.16. The van der Waals surface area contributed by atoms with E-state index in [-0.39, 0.29) is 5.60 Å². The quantitative estimate of drug-likeness (QED) is 0.731. The van der Waals surface area contributed by atoms with Gasteiger partial charge in [-0.3, -0.25) is 0 Å². The average Bonchev–Trinajstić information content (AvgIpc) is 1.94. The van der Waals surface area contributed by atoms with E-state index < -0.39 is 0 Å². The molecule has 2 heteroatoms. The van der Waals surface area contributed by atoms with Crippen molar-refractivity contribution in [1.82, 2.24) is 4.90 Å². The fraction of sp³-hybridized carbons (Fsp3) is 1.00. The van der Waals surface area contributed by atoms with E-state index in [1.165, 1.54) is 19.5 Å². The van der Waals surface area contributed by atoms with Gasteiger partial charge in [0.05, 0.1) is 12.2 Å². The fourth-order valence-corrected chi connectivity index (χ4v) is 2.34. The Labute approximate surface area is 101 Å². The van der Waals surface area contributed by atoms with Gasteiger partial charge in [0.25, 0.3) is 0 Å². The number of rotatable bonds is 4. The van der Waals surface area contributed by atoms with E-state index in [2.05, 4.69) is 46.4 Å². The summed E-state index contributed by atoms with van der Waals surface area (Å²) in [6.07, 6.45) is 1.35. The molecule has 0 N–H and O–H groups in total. The first-order valence-corrected chi connectivity index (χ1v) is 6.52. The maximum absolute atomic E-state index is 5.73. The van der Waals surface area contributed by atoms with Crippen LogP contribution in [0.15, 0.2) is 0 Å². The summed E-state index contributed by atoms with van der Waals surface area (Å²) in [7, 11) is 0. The number of likely N-dealkylation sites (tertiary alicyclic amines) is 1. The largest absolute Gasteiger partial charge is 0.375 e. The monoisotopic (exact) mass is 227 g/mol. The maximum atomic E-state index is 5.73. The summed E-state index contributed by atoms with van der Waals surface area (Å²) in [4.78, 5) is 2.50. The standard InChI is InChI=1S/C14H29NO/c1-13(2,3)9-12-10-15(11-12)7-8-16-14(4,5)6/h12H,7-11H2,1-6H3. The number of nitrogens with zero attached hydrogens (tertiary/aromatic N) is 1. The summed E-state index contributed by atoms with van der Waals surface area (Å²) in [5.74, 6) is 0.912. The van der Waals surface area contributed by atoms with Crippen LogP contribution in [0.1, 0.15) is 48.0 Å². The van der Waals surface area contributed by atoms with Crippen LogP contribution >= 0.6 is 0 Å². The third-order valence-electron chi connectivity index (χ3n) is 2.88. The van der Waals surface area contributed by atoms with E-state index in [4.69, 9.17) is 4.74 Å². The zero-order chi connectivity index (χ0) is 12.4. The van der Waals surface area contributed by atoms with Gasteiger partial charge in [0.1, 0.15) is 0 Å². The van der Waals surface area contributed by atoms with Crippen LogP contribution in [0.2, 0.25) is 0 Å². The Bertz CT molecular complexity index is 203. The lowest BCUT2D eigenvalue weighted by Crippen LogP contribution is -2.49. The molecule has 0 aromatic carbocycles. The van der Waals surface area contributed by atoms with Crippen molar-refractivity contribution in [3.05, 3.63) is 0 Å². The summed E-state index contributed by atoms with van der Waals surface area (Å²) in [6.45, 7) is 17.8. The molecule has 0 radical (unpaired) electrons. The molecule has 1 fully saturated rings. The Kier molecular flexibility index (Phi) is 4.42. The normalized spacial score (nSPS) is 19.9. The molecule has 1 rings (SSSR count). The van der Waals surface area contributed by atoms with Gasteiger partial charge in [-0.05, 0) is 38.5 Å². The van der Waals surface area contributed by atoms with Crippen molar-refractivity contribution >= 4 is 0 Å². The summed E-state index contributed by atoms with van der Waals surface area (Å²) < 4.78 is 5.73. The van der Waals surface area contributed by atoms with Crippen molar-refractivity contribution in [2.45, 2.75) is 53.6 Å². The van der Waals surface area contributed by atoms with Crippen LogP contribution in [0.4, 0.5) is 0 Å². The van der Waals surface area contributed by atoms with E-state index in [9.17, 15) is 0 Å². The van der Waals surface area contributed by atoms with Crippen molar-refractivity contribution in [3.8, 4) is 0 Å². The Morgan fingerprint density at radius 3 is 2.06 bits per heavy atom. The van der Waals surface area contributed by atoms with Crippen LogP contribution in [0, 0.1) is 11.3 Å². The molecule has 1 heterocycles. The highest BCUT2D eigenvalue weighted by Gasteiger charge is 2.29. The fourth-order valence-electron chi connectivity index (χ4n) is 2.34.